The van der Waals surface area contributed by atoms with Crippen LogP contribution in [0.3, 0.4) is 0 Å². The van der Waals surface area contributed by atoms with Crippen molar-refractivity contribution < 1.29 is 19.3 Å². The van der Waals surface area contributed by atoms with Crippen LogP contribution in [0.1, 0.15) is 19.8 Å². The molecule has 1 aromatic rings. The zero-order valence-corrected chi connectivity index (χ0v) is 12.1. The summed E-state index contributed by atoms with van der Waals surface area (Å²) in [6.45, 7) is 4.38. The second kappa shape index (κ2) is 10.5. The van der Waals surface area contributed by atoms with Crippen molar-refractivity contribution in [1.82, 2.24) is 0 Å². The summed E-state index contributed by atoms with van der Waals surface area (Å²) < 4.78 is 16.1. The van der Waals surface area contributed by atoms with Crippen LogP contribution < -0.4 is 10.5 Å². The van der Waals surface area contributed by atoms with E-state index in [4.69, 9.17) is 19.9 Å². The molecule has 0 spiro atoms. The highest BCUT2D eigenvalue weighted by molar-refractivity contribution is 5.41. The second-order valence-electron chi connectivity index (χ2n) is 4.57. The summed E-state index contributed by atoms with van der Waals surface area (Å²) in [6, 6.07) is 7.05. The molecule has 0 saturated carbocycles. The molecule has 0 amide bonds. The number of unbranched alkanes of at least 4 members (excludes halogenated alkanes) is 1. The Kier molecular flexibility index (Phi) is 8.78. The zero-order chi connectivity index (χ0) is 14.6. The lowest BCUT2D eigenvalue weighted by Crippen LogP contribution is -2.24. The average Bonchev–Trinajstić information content (AvgIpc) is 2.46. The molecule has 1 unspecified atom stereocenters. The summed E-state index contributed by atoms with van der Waals surface area (Å²) in [6.07, 6.45) is 1.54. The summed E-state index contributed by atoms with van der Waals surface area (Å²) in [5.74, 6) is 0.682. The SMILES string of the molecule is CCCCOCCOCC(O)COc1ccc(N)cc1. The Bertz CT molecular complexity index is 342. The highest BCUT2D eigenvalue weighted by Crippen LogP contribution is 2.13. The van der Waals surface area contributed by atoms with E-state index in [2.05, 4.69) is 6.92 Å². The van der Waals surface area contributed by atoms with Crippen LogP contribution in [0, 0.1) is 0 Å². The summed E-state index contributed by atoms with van der Waals surface area (Å²) in [4.78, 5) is 0. The lowest BCUT2D eigenvalue weighted by atomic mass is 10.3. The largest absolute Gasteiger partial charge is 0.491 e. The van der Waals surface area contributed by atoms with Crippen LogP contribution in [0.5, 0.6) is 5.75 Å². The van der Waals surface area contributed by atoms with Gasteiger partial charge >= 0.3 is 0 Å². The third kappa shape index (κ3) is 7.99. The molecule has 0 aliphatic carbocycles. The highest BCUT2D eigenvalue weighted by atomic mass is 16.5. The summed E-state index contributed by atoms with van der Waals surface area (Å²) >= 11 is 0. The number of hydrogen-bond acceptors (Lipinski definition) is 5. The molecule has 0 bridgehead atoms. The van der Waals surface area contributed by atoms with E-state index in [1.165, 1.54) is 0 Å². The van der Waals surface area contributed by atoms with Gasteiger partial charge in [-0.25, -0.2) is 0 Å². The minimum Gasteiger partial charge on any atom is -0.491 e. The number of ether oxygens (including phenoxy) is 3. The lowest BCUT2D eigenvalue weighted by molar-refractivity contribution is -0.0111. The van der Waals surface area contributed by atoms with E-state index in [0.717, 1.165) is 19.4 Å². The third-order valence-electron chi connectivity index (χ3n) is 2.65. The Labute approximate surface area is 120 Å². The number of nitrogen functional groups attached to an aromatic ring is 1. The van der Waals surface area contributed by atoms with Gasteiger partial charge in [0.2, 0.25) is 0 Å². The van der Waals surface area contributed by atoms with E-state index in [9.17, 15) is 5.11 Å². The zero-order valence-electron chi connectivity index (χ0n) is 12.1. The Morgan fingerprint density at radius 2 is 1.75 bits per heavy atom. The topological polar surface area (TPSA) is 73.9 Å². The van der Waals surface area contributed by atoms with E-state index in [1.54, 1.807) is 24.3 Å². The molecule has 114 valence electrons. The first-order chi connectivity index (χ1) is 9.72. The standard InChI is InChI=1S/C15H25NO4/c1-2-3-8-18-9-10-19-11-14(17)12-20-15-6-4-13(16)5-7-15/h4-7,14,17H,2-3,8-12,16H2,1H3. The maximum Gasteiger partial charge on any atom is 0.119 e. The van der Waals surface area contributed by atoms with Gasteiger partial charge < -0.3 is 25.1 Å². The highest BCUT2D eigenvalue weighted by Gasteiger charge is 2.05. The molecular formula is C15H25NO4. The smallest absolute Gasteiger partial charge is 0.119 e. The van der Waals surface area contributed by atoms with Crippen molar-refractivity contribution in [3.05, 3.63) is 24.3 Å². The molecule has 1 atom stereocenters. The Balaban J connectivity index is 2.00. The van der Waals surface area contributed by atoms with Crippen molar-refractivity contribution in [3.63, 3.8) is 0 Å². The Morgan fingerprint density at radius 3 is 2.45 bits per heavy atom. The fraction of sp³-hybridized carbons (Fsp3) is 0.600. The van der Waals surface area contributed by atoms with Gasteiger partial charge in [-0.05, 0) is 30.7 Å². The van der Waals surface area contributed by atoms with E-state index in [1.807, 2.05) is 0 Å². The maximum absolute atomic E-state index is 9.69. The van der Waals surface area contributed by atoms with Gasteiger partial charge in [-0.3, -0.25) is 0 Å². The van der Waals surface area contributed by atoms with Gasteiger partial charge in [0.1, 0.15) is 18.5 Å². The van der Waals surface area contributed by atoms with Crippen molar-refractivity contribution in [3.8, 4) is 5.75 Å². The molecule has 1 aromatic carbocycles. The third-order valence-corrected chi connectivity index (χ3v) is 2.65. The fourth-order valence-electron chi connectivity index (χ4n) is 1.49. The molecule has 0 heterocycles. The van der Waals surface area contributed by atoms with Gasteiger partial charge in [0, 0.05) is 12.3 Å². The van der Waals surface area contributed by atoms with E-state index in [0.29, 0.717) is 24.7 Å². The average molecular weight is 283 g/mol. The van der Waals surface area contributed by atoms with Gasteiger partial charge in [0.15, 0.2) is 0 Å². The minimum atomic E-state index is -0.650. The molecular weight excluding hydrogens is 258 g/mol. The first-order valence-electron chi connectivity index (χ1n) is 7.04. The first-order valence-corrected chi connectivity index (χ1v) is 7.04. The van der Waals surface area contributed by atoms with Crippen molar-refractivity contribution in [2.45, 2.75) is 25.9 Å². The van der Waals surface area contributed by atoms with Crippen LogP contribution in [0.25, 0.3) is 0 Å². The number of anilines is 1. The van der Waals surface area contributed by atoms with Crippen LogP contribution in [-0.2, 0) is 9.47 Å². The molecule has 0 aliphatic rings. The molecule has 1 rings (SSSR count). The first kappa shape index (κ1) is 16.8. The van der Waals surface area contributed by atoms with Crippen LogP contribution in [-0.4, -0.2) is 44.2 Å². The molecule has 5 heteroatoms. The van der Waals surface area contributed by atoms with Gasteiger partial charge in [0.05, 0.1) is 19.8 Å². The number of nitrogens with two attached hydrogens (primary N) is 1. The molecule has 0 saturated heterocycles. The molecule has 5 nitrogen and oxygen atoms in total. The molecule has 0 fully saturated rings. The molecule has 0 radical (unpaired) electrons. The van der Waals surface area contributed by atoms with Crippen molar-refractivity contribution in [1.29, 1.82) is 0 Å². The van der Waals surface area contributed by atoms with Crippen molar-refractivity contribution >= 4 is 5.69 Å². The number of hydrogen-bond donors (Lipinski definition) is 2. The summed E-state index contributed by atoms with van der Waals surface area (Å²) in [5, 5.41) is 9.69. The molecule has 0 aromatic heterocycles. The van der Waals surface area contributed by atoms with Crippen LogP contribution >= 0.6 is 0 Å². The monoisotopic (exact) mass is 283 g/mol. The quantitative estimate of drug-likeness (QED) is 0.479. The van der Waals surface area contributed by atoms with E-state index in [-0.39, 0.29) is 13.2 Å². The second-order valence-corrected chi connectivity index (χ2v) is 4.57. The van der Waals surface area contributed by atoms with Gasteiger partial charge in [-0.1, -0.05) is 13.3 Å². The summed E-state index contributed by atoms with van der Waals surface area (Å²) in [5.41, 5.74) is 6.25. The van der Waals surface area contributed by atoms with Gasteiger partial charge in [0.25, 0.3) is 0 Å². The molecule has 3 N–H and O–H groups in total. The number of rotatable bonds is 11. The van der Waals surface area contributed by atoms with Crippen molar-refractivity contribution in [2.75, 3.05) is 38.8 Å². The summed E-state index contributed by atoms with van der Waals surface area (Å²) in [7, 11) is 0. The van der Waals surface area contributed by atoms with Crippen LogP contribution in [0.15, 0.2) is 24.3 Å². The fourth-order valence-corrected chi connectivity index (χ4v) is 1.49. The number of aliphatic hydroxyl groups excluding tert-OH is 1. The predicted octanol–water partition coefficient (Wildman–Crippen LogP) is 1.84. The molecule has 20 heavy (non-hydrogen) atoms. The Hall–Kier alpha value is -1.30. The van der Waals surface area contributed by atoms with E-state index < -0.39 is 6.10 Å². The normalized spacial score (nSPS) is 12.3. The van der Waals surface area contributed by atoms with Gasteiger partial charge in [-0.2, -0.15) is 0 Å². The Morgan fingerprint density at radius 1 is 1.05 bits per heavy atom. The van der Waals surface area contributed by atoms with Crippen molar-refractivity contribution in [2.24, 2.45) is 0 Å². The maximum atomic E-state index is 9.69. The number of aliphatic hydroxyl groups is 1. The van der Waals surface area contributed by atoms with Gasteiger partial charge in [-0.15, -0.1) is 0 Å². The predicted molar refractivity (Wildman–Crippen MR) is 78.9 cm³/mol. The lowest BCUT2D eigenvalue weighted by Gasteiger charge is -2.13. The molecule has 0 aliphatic heterocycles. The number of benzene rings is 1. The van der Waals surface area contributed by atoms with Crippen LogP contribution in [0.2, 0.25) is 0 Å². The minimum absolute atomic E-state index is 0.195. The van der Waals surface area contributed by atoms with E-state index >= 15 is 0 Å². The van der Waals surface area contributed by atoms with Crippen LogP contribution in [0.4, 0.5) is 5.69 Å².